The zero-order valence-corrected chi connectivity index (χ0v) is 13.7. The van der Waals surface area contributed by atoms with Gasteiger partial charge in [0.2, 0.25) is 5.88 Å². The van der Waals surface area contributed by atoms with E-state index in [-0.39, 0.29) is 5.91 Å². The Bertz CT molecular complexity index is 1060. The maximum absolute atomic E-state index is 12.4. The van der Waals surface area contributed by atoms with Crippen LogP contribution in [0.5, 0.6) is 11.6 Å². The fraction of sp³-hybridized carbons (Fsp3) is 0.0556. The molecule has 128 valence electrons. The summed E-state index contributed by atoms with van der Waals surface area (Å²) < 4.78 is 10.6. The molecular formula is C18H13N5O3. The first kappa shape index (κ1) is 15.7. The minimum absolute atomic E-state index is 0.275. The van der Waals surface area contributed by atoms with E-state index < -0.39 is 0 Å². The second kappa shape index (κ2) is 6.60. The summed E-state index contributed by atoms with van der Waals surface area (Å²) in [6, 6.07) is 8.64. The summed E-state index contributed by atoms with van der Waals surface area (Å²) in [6.07, 6.45) is 6.09. The van der Waals surface area contributed by atoms with Gasteiger partial charge in [-0.15, -0.1) is 0 Å². The molecule has 4 aromatic rings. The van der Waals surface area contributed by atoms with Crippen molar-refractivity contribution >= 4 is 22.7 Å². The summed E-state index contributed by atoms with van der Waals surface area (Å²) in [5.74, 6) is 0.710. The first-order valence-electron chi connectivity index (χ1n) is 7.76. The number of carbonyl (C=O) groups is 1. The van der Waals surface area contributed by atoms with Crippen molar-refractivity contribution in [3.8, 4) is 11.6 Å². The Hall–Kier alpha value is -3.81. The lowest BCUT2D eigenvalue weighted by Crippen LogP contribution is -2.12. The van der Waals surface area contributed by atoms with Crippen molar-refractivity contribution in [1.29, 1.82) is 0 Å². The molecule has 4 rings (SSSR count). The van der Waals surface area contributed by atoms with E-state index in [1.165, 1.54) is 12.4 Å². The number of rotatable bonds is 4. The highest BCUT2D eigenvalue weighted by Gasteiger charge is 2.12. The number of aromatic nitrogens is 4. The Kier molecular flexibility index (Phi) is 3.98. The summed E-state index contributed by atoms with van der Waals surface area (Å²) >= 11 is 0. The number of hydrogen-bond acceptors (Lipinski definition) is 7. The molecule has 0 aliphatic rings. The van der Waals surface area contributed by atoms with E-state index in [2.05, 4.69) is 25.4 Å². The van der Waals surface area contributed by atoms with Crippen LogP contribution in [-0.4, -0.2) is 26.0 Å². The van der Waals surface area contributed by atoms with Gasteiger partial charge in [0, 0.05) is 24.3 Å². The Morgan fingerprint density at radius 2 is 1.96 bits per heavy atom. The molecule has 8 heteroatoms. The van der Waals surface area contributed by atoms with E-state index in [0.29, 0.717) is 39.7 Å². The van der Waals surface area contributed by atoms with Crippen molar-refractivity contribution in [2.45, 2.75) is 6.92 Å². The zero-order chi connectivity index (χ0) is 17.9. The molecule has 0 spiro atoms. The molecule has 8 nitrogen and oxygen atoms in total. The Balaban J connectivity index is 1.47. The quantitative estimate of drug-likeness (QED) is 0.603. The predicted molar refractivity (Wildman–Crippen MR) is 93.0 cm³/mol. The van der Waals surface area contributed by atoms with Gasteiger partial charge in [0.25, 0.3) is 11.6 Å². The fourth-order valence-electron chi connectivity index (χ4n) is 2.34. The van der Waals surface area contributed by atoms with Crippen molar-refractivity contribution in [2.75, 3.05) is 5.32 Å². The van der Waals surface area contributed by atoms with Gasteiger partial charge in [0.1, 0.15) is 5.75 Å². The Morgan fingerprint density at radius 3 is 2.73 bits per heavy atom. The molecule has 26 heavy (non-hydrogen) atoms. The van der Waals surface area contributed by atoms with Gasteiger partial charge >= 0.3 is 0 Å². The lowest BCUT2D eigenvalue weighted by atomic mass is 10.2. The molecular weight excluding hydrogens is 334 g/mol. The summed E-state index contributed by atoms with van der Waals surface area (Å²) in [7, 11) is 0. The molecule has 0 saturated carbocycles. The van der Waals surface area contributed by atoms with Crippen molar-refractivity contribution in [3.05, 3.63) is 66.4 Å². The molecule has 0 unspecified atom stereocenters. The molecule has 3 heterocycles. The predicted octanol–water partition coefficient (Wildman–Crippen LogP) is 3.37. The van der Waals surface area contributed by atoms with E-state index in [1.807, 2.05) is 0 Å². The number of nitrogens with zero attached hydrogens (tertiary/aromatic N) is 4. The molecule has 1 aromatic carbocycles. The van der Waals surface area contributed by atoms with E-state index in [1.54, 1.807) is 49.6 Å². The molecule has 1 amide bonds. The lowest BCUT2D eigenvalue weighted by molar-refractivity contribution is 0.102. The minimum atomic E-state index is -0.275. The molecule has 1 N–H and O–H groups in total. The molecule has 0 fully saturated rings. The second-order valence-electron chi connectivity index (χ2n) is 5.47. The normalized spacial score (nSPS) is 10.7. The Morgan fingerprint density at radius 1 is 1.12 bits per heavy atom. The zero-order valence-electron chi connectivity index (χ0n) is 13.7. The average Bonchev–Trinajstić information content (AvgIpc) is 3.04. The summed E-state index contributed by atoms with van der Waals surface area (Å²) in [6.45, 7) is 1.80. The van der Waals surface area contributed by atoms with Gasteiger partial charge in [-0.05, 0) is 37.3 Å². The maximum Gasteiger partial charge on any atom is 0.257 e. The van der Waals surface area contributed by atoms with Gasteiger partial charge in [-0.1, -0.05) is 5.16 Å². The average molecular weight is 347 g/mol. The van der Waals surface area contributed by atoms with Crippen molar-refractivity contribution < 1.29 is 14.1 Å². The number of benzene rings is 1. The summed E-state index contributed by atoms with van der Waals surface area (Å²) in [5.41, 5.74) is 2.14. The van der Waals surface area contributed by atoms with Gasteiger partial charge in [-0.25, -0.2) is 9.97 Å². The van der Waals surface area contributed by atoms with E-state index >= 15 is 0 Å². The van der Waals surface area contributed by atoms with Crippen LogP contribution in [0.4, 0.5) is 5.69 Å². The third kappa shape index (κ3) is 3.20. The second-order valence-corrected chi connectivity index (χ2v) is 5.47. The summed E-state index contributed by atoms with van der Waals surface area (Å²) in [5, 5.41) is 7.36. The van der Waals surface area contributed by atoms with Crippen LogP contribution in [-0.2, 0) is 0 Å². The number of pyridine rings is 1. The molecule has 0 saturated heterocycles. The number of carbonyl (C=O) groups excluding carboxylic acids is 1. The van der Waals surface area contributed by atoms with Crippen molar-refractivity contribution in [1.82, 2.24) is 20.1 Å². The molecule has 0 aliphatic heterocycles. The van der Waals surface area contributed by atoms with E-state index in [9.17, 15) is 4.79 Å². The van der Waals surface area contributed by atoms with Crippen LogP contribution in [0, 0.1) is 6.92 Å². The Labute approximate surface area is 147 Å². The van der Waals surface area contributed by atoms with Crippen LogP contribution < -0.4 is 10.1 Å². The first-order chi connectivity index (χ1) is 12.7. The highest BCUT2D eigenvalue weighted by molar-refractivity contribution is 6.05. The first-order valence-corrected chi connectivity index (χ1v) is 7.76. The van der Waals surface area contributed by atoms with Crippen LogP contribution in [0.15, 0.2) is 59.6 Å². The number of anilines is 1. The molecule has 0 radical (unpaired) electrons. The van der Waals surface area contributed by atoms with Gasteiger partial charge in [-0.2, -0.15) is 0 Å². The summed E-state index contributed by atoms with van der Waals surface area (Å²) in [4.78, 5) is 24.5. The molecule has 3 aromatic heterocycles. The molecule has 0 atom stereocenters. The van der Waals surface area contributed by atoms with Gasteiger partial charge in [-0.3, -0.25) is 9.78 Å². The highest BCUT2D eigenvalue weighted by Crippen LogP contribution is 2.22. The topological polar surface area (TPSA) is 103 Å². The largest absolute Gasteiger partial charge is 0.438 e. The smallest absolute Gasteiger partial charge is 0.257 e. The number of hydrogen-bond donors (Lipinski definition) is 1. The lowest BCUT2D eigenvalue weighted by Gasteiger charge is -2.07. The van der Waals surface area contributed by atoms with Crippen molar-refractivity contribution in [2.24, 2.45) is 0 Å². The van der Waals surface area contributed by atoms with Crippen LogP contribution in [0.25, 0.3) is 11.1 Å². The standard InChI is InChI=1S/C18H13N5O3/c1-11-15-8-12(9-21-18(15)26-23-11)17(24)22-13-2-4-14(5-3-13)25-16-10-19-6-7-20-16/h2-10H,1H3,(H,22,24). The van der Waals surface area contributed by atoms with Crippen LogP contribution in [0.1, 0.15) is 16.1 Å². The van der Waals surface area contributed by atoms with Crippen LogP contribution in [0.2, 0.25) is 0 Å². The third-order valence-corrected chi connectivity index (χ3v) is 3.65. The van der Waals surface area contributed by atoms with Gasteiger partial charge in [0.05, 0.1) is 22.8 Å². The fourth-order valence-corrected chi connectivity index (χ4v) is 2.34. The number of amides is 1. The number of nitrogens with one attached hydrogen (secondary N) is 1. The van der Waals surface area contributed by atoms with Crippen molar-refractivity contribution in [3.63, 3.8) is 0 Å². The van der Waals surface area contributed by atoms with E-state index in [0.717, 1.165) is 0 Å². The number of fused-ring (bicyclic) bond motifs is 1. The molecule has 0 bridgehead atoms. The monoisotopic (exact) mass is 347 g/mol. The molecule has 0 aliphatic carbocycles. The van der Waals surface area contributed by atoms with Crippen LogP contribution in [0.3, 0.4) is 0 Å². The SMILES string of the molecule is Cc1noc2ncc(C(=O)Nc3ccc(Oc4cnccn4)cc3)cc12. The number of aryl methyl sites for hydroxylation is 1. The van der Waals surface area contributed by atoms with Gasteiger partial charge in [0.15, 0.2) is 0 Å². The maximum atomic E-state index is 12.4. The number of ether oxygens (including phenoxy) is 1. The van der Waals surface area contributed by atoms with Crippen LogP contribution >= 0.6 is 0 Å². The highest BCUT2D eigenvalue weighted by atomic mass is 16.5. The third-order valence-electron chi connectivity index (χ3n) is 3.65. The van der Waals surface area contributed by atoms with Gasteiger partial charge < -0.3 is 14.6 Å². The minimum Gasteiger partial charge on any atom is -0.438 e. The van der Waals surface area contributed by atoms with E-state index in [4.69, 9.17) is 9.26 Å².